The van der Waals surface area contributed by atoms with Crippen molar-refractivity contribution in [1.29, 1.82) is 0 Å². The summed E-state index contributed by atoms with van der Waals surface area (Å²) in [6.45, 7) is 2.02. The molecule has 4 atom stereocenters. The van der Waals surface area contributed by atoms with E-state index in [4.69, 9.17) is 33.7 Å². The molecule has 1 aliphatic carbocycles. The van der Waals surface area contributed by atoms with Gasteiger partial charge in [-0.1, -0.05) is 60.3 Å². The number of amides is 1. The van der Waals surface area contributed by atoms with E-state index in [2.05, 4.69) is 0 Å². The molecular weight excluding hydrogens is 435 g/mol. The quantitative estimate of drug-likeness (QED) is 0.643. The fourth-order valence-electron chi connectivity index (χ4n) is 4.96. The van der Waals surface area contributed by atoms with Crippen LogP contribution in [0.3, 0.4) is 0 Å². The zero-order chi connectivity index (χ0) is 22.1. The predicted octanol–water partition coefficient (Wildman–Crippen LogP) is 5.11. The molecule has 0 bridgehead atoms. The molecule has 31 heavy (non-hydrogen) atoms. The maximum atomic E-state index is 13.8. The molecule has 0 spiro atoms. The lowest BCUT2D eigenvalue weighted by atomic mass is 9.77. The first kappa shape index (κ1) is 22.1. The van der Waals surface area contributed by atoms with Crippen LogP contribution < -0.4 is 5.73 Å². The first-order valence-corrected chi connectivity index (χ1v) is 11.5. The molecule has 0 radical (unpaired) electrons. The van der Waals surface area contributed by atoms with Gasteiger partial charge >= 0.3 is 5.97 Å². The van der Waals surface area contributed by atoms with Crippen LogP contribution in [0.2, 0.25) is 10.0 Å². The Bertz CT molecular complexity index is 997. The average Bonchev–Trinajstić information content (AvgIpc) is 2.75. The molecule has 4 rings (SSSR count). The molecule has 5 nitrogen and oxygen atoms in total. The van der Waals surface area contributed by atoms with E-state index < -0.39 is 12.0 Å². The molecule has 1 saturated carbocycles. The molecule has 2 N–H and O–H groups in total. The van der Waals surface area contributed by atoms with Crippen LogP contribution >= 0.6 is 23.2 Å². The van der Waals surface area contributed by atoms with Gasteiger partial charge in [-0.3, -0.25) is 9.59 Å². The SMILES string of the molecule is CCOC(=O)[C@@H]1c2ccccc2C(=O)N([C@H]2CCCC[C@@H]2N)[C@H]1c1ccc(Cl)cc1Cl. The molecule has 1 heterocycles. The monoisotopic (exact) mass is 460 g/mol. The van der Waals surface area contributed by atoms with Gasteiger partial charge < -0.3 is 15.4 Å². The number of carbonyl (C=O) groups is 2. The standard InChI is InChI=1S/C24H26Cl2N2O3/c1-2-31-24(30)21-15-7-3-4-8-16(15)23(29)28(20-10-6-5-9-19(20)27)22(21)17-12-11-14(25)13-18(17)26/h3-4,7-8,11-13,19-22H,2,5-6,9-10,27H2,1H3/t19-,20-,21+,22-/m0/s1. The number of nitrogens with zero attached hydrogens (tertiary/aromatic N) is 1. The summed E-state index contributed by atoms with van der Waals surface area (Å²) in [5, 5.41) is 0.901. The molecule has 2 aliphatic rings. The van der Waals surface area contributed by atoms with E-state index in [0.717, 1.165) is 25.7 Å². The highest BCUT2D eigenvalue weighted by Crippen LogP contribution is 2.48. The van der Waals surface area contributed by atoms with Crippen molar-refractivity contribution in [3.05, 3.63) is 69.2 Å². The van der Waals surface area contributed by atoms with Crippen molar-refractivity contribution in [1.82, 2.24) is 4.90 Å². The van der Waals surface area contributed by atoms with Crippen molar-refractivity contribution in [2.45, 2.75) is 56.7 Å². The molecule has 2 aromatic rings. The highest BCUT2D eigenvalue weighted by molar-refractivity contribution is 6.35. The minimum absolute atomic E-state index is 0.130. The van der Waals surface area contributed by atoms with E-state index in [1.165, 1.54) is 0 Å². The number of halogens is 2. The lowest BCUT2D eigenvalue weighted by molar-refractivity contribution is -0.147. The van der Waals surface area contributed by atoms with E-state index in [1.54, 1.807) is 36.1 Å². The average molecular weight is 461 g/mol. The maximum Gasteiger partial charge on any atom is 0.315 e. The Morgan fingerprint density at radius 1 is 1.13 bits per heavy atom. The largest absolute Gasteiger partial charge is 0.465 e. The molecular formula is C24H26Cl2N2O3. The minimum Gasteiger partial charge on any atom is -0.465 e. The van der Waals surface area contributed by atoms with Crippen molar-refractivity contribution < 1.29 is 14.3 Å². The second-order valence-electron chi connectivity index (χ2n) is 8.16. The summed E-state index contributed by atoms with van der Waals surface area (Å²) in [6, 6.07) is 11.4. The Morgan fingerprint density at radius 3 is 2.58 bits per heavy atom. The number of nitrogens with two attached hydrogens (primary N) is 1. The van der Waals surface area contributed by atoms with Crippen molar-refractivity contribution >= 4 is 35.1 Å². The predicted molar refractivity (Wildman–Crippen MR) is 121 cm³/mol. The van der Waals surface area contributed by atoms with Crippen LogP contribution in [0.1, 0.15) is 66.1 Å². The third-order valence-electron chi connectivity index (χ3n) is 6.34. The molecule has 1 aliphatic heterocycles. The summed E-state index contributed by atoms with van der Waals surface area (Å²) in [4.78, 5) is 28.9. The molecule has 1 fully saturated rings. The van der Waals surface area contributed by atoms with E-state index in [0.29, 0.717) is 26.7 Å². The summed E-state index contributed by atoms with van der Waals surface area (Å²) in [5.74, 6) is -1.22. The third kappa shape index (κ3) is 4.07. The summed E-state index contributed by atoms with van der Waals surface area (Å²) in [7, 11) is 0. The van der Waals surface area contributed by atoms with Crippen molar-refractivity contribution in [2.24, 2.45) is 5.73 Å². The van der Waals surface area contributed by atoms with Gasteiger partial charge in [0.1, 0.15) is 5.92 Å². The lowest BCUT2D eigenvalue weighted by Crippen LogP contribution is -2.57. The third-order valence-corrected chi connectivity index (χ3v) is 6.90. The van der Waals surface area contributed by atoms with E-state index >= 15 is 0 Å². The van der Waals surface area contributed by atoms with Gasteiger partial charge in [0.2, 0.25) is 0 Å². The van der Waals surface area contributed by atoms with E-state index in [-0.39, 0.29) is 30.6 Å². The summed E-state index contributed by atoms with van der Waals surface area (Å²) >= 11 is 12.8. The van der Waals surface area contributed by atoms with Gasteiger partial charge in [0, 0.05) is 27.7 Å². The van der Waals surface area contributed by atoms with Crippen LogP contribution in [0.15, 0.2) is 42.5 Å². The zero-order valence-corrected chi connectivity index (χ0v) is 18.9. The van der Waals surface area contributed by atoms with Crippen LogP contribution in [-0.2, 0) is 9.53 Å². The van der Waals surface area contributed by atoms with Gasteiger partial charge in [0.25, 0.3) is 5.91 Å². The smallest absolute Gasteiger partial charge is 0.315 e. The number of benzene rings is 2. The molecule has 7 heteroatoms. The van der Waals surface area contributed by atoms with Gasteiger partial charge in [0.15, 0.2) is 0 Å². The summed E-state index contributed by atoms with van der Waals surface area (Å²) < 4.78 is 5.47. The number of carbonyl (C=O) groups excluding carboxylic acids is 2. The Kier molecular flexibility index (Phi) is 6.56. The molecule has 0 aromatic heterocycles. The lowest BCUT2D eigenvalue weighted by Gasteiger charge is -2.48. The highest BCUT2D eigenvalue weighted by Gasteiger charge is 2.49. The van der Waals surface area contributed by atoms with Gasteiger partial charge in [-0.25, -0.2) is 0 Å². The molecule has 0 saturated heterocycles. The van der Waals surface area contributed by atoms with Crippen LogP contribution in [0.4, 0.5) is 0 Å². The zero-order valence-electron chi connectivity index (χ0n) is 17.4. The molecule has 2 aromatic carbocycles. The number of ether oxygens (including phenoxy) is 1. The number of esters is 1. The first-order valence-electron chi connectivity index (χ1n) is 10.7. The van der Waals surface area contributed by atoms with Crippen molar-refractivity contribution in [2.75, 3.05) is 6.61 Å². The maximum absolute atomic E-state index is 13.8. The Labute approximate surface area is 192 Å². The number of hydrogen-bond donors (Lipinski definition) is 1. The Morgan fingerprint density at radius 2 is 1.87 bits per heavy atom. The number of rotatable bonds is 4. The van der Waals surface area contributed by atoms with E-state index in [9.17, 15) is 9.59 Å². The van der Waals surface area contributed by atoms with Gasteiger partial charge in [-0.15, -0.1) is 0 Å². The van der Waals surface area contributed by atoms with E-state index in [1.807, 2.05) is 18.2 Å². The second-order valence-corrected chi connectivity index (χ2v) is 9.00. The summed E-state index contributed by atoms with van der Waals surface area (Å²) in [6.07, 6.45) is 3.63. The molecule has 164 valence electrons. The fraction of sp³-hybridized carbons (Fsp3) is 0.417. The normalized spacial score (nSPS) is 25.8. The van der Waals surface area contributed by atoms with Crippen molar-refractivity contribution in [3.63, 3.8) is 0 Å². The molecule has 1 amide bonds. The minimum atomic E-state index is -0.707. The van der Waals surface area contributed by atoms with Crippen LogP contribution in [-0.4, -0.2) is 35.5 Å². The second kappa shape index (κ2) is 9.19. The Balaban J connectivity index is 1.94. The van der Waals surface area contributed by atoms with Crippen LogP contribution in [0.25, 0.3) is 0 Å². The van der Waals surface area contributed by atoms with Crippen LogP contribution in [0, 0.1) is 0 Å². The van der Waals surface area contributed by atoms with Gasteiger partial charge in [-0.2, -0.15) is 0 Å². The summed E-state index contributed by atoms with van der Waals surface area (Å²) in [5.41, 5.74) is 8.35. The fourth-order valence-corrected chi connectivity index (χ4v) is 5.48. The number of fused-ring (bicyclic) bond motifs is 1. The Hall–Kier alpha value is -2.08. The van der Waals surface area contributed by atoms with Crippen LogP contribution in [0.5, 0.6) is 0 Å². The molecule has 0 unspecified atom stereocenters. The first-order chi connectivity index (χ1) is 14.9. The topological polar surface area (TPSA) is 72.6 Å². The van der Waals surface area contributed by atoms with Crippen molar-refractivity contribution in [3.8, 4) is 0 Å². The van der Waals surface area contributed by atoms with Gasteiger partial charge in [0.05, 0.1) is 12.6 Å². The number of hydrogen-bond acceptors (Lipinski definition) is 4. The van der Waals surface area contributed by atoms with Gasteiger partial charge in [-0.05, 0) is 49.1 Å². The highest BCUT2D eigenvalue weighted by atomic mass is 35.5.